The second-order valence-electron chi connectivity index (χ2n) is 4.53. The Morgan fingerprint density at radius 2 is 2.31 bits per heavy atom. The molecule has 1 saturated heterocycles. The molecule has 0 spiro atoms. The summed E-state index contributed by atoms with van der Waals surface area (Å²) in [6.45, 7) is 0. The van der Waals surface area contributed by atoms with Crippen LogP contribution in [0.25, 0.3) is 5.57 Å². The maximum atomic E-state index is 5.12. The third-order valence-corrected chi connectivity index (χ3v) is 3.45. The number of hydrogen-bond acceptors (Lipinski definition) is 3. The van der Waals surface area contributed by atoms with Crippen LogP contribution in [0.2, 0.25) is 0 Å². The van der Waals surface area contributed by atoms with Gasteiger partial charge in [0.25, 0.3) is 0 Å². The number of hydrogen-bond donors (Lipinski definition) is 1. The SMILES string of the molecule is COc1ccc(C2=CC3CCC(C2)N3)nc1. The van der Waals surface area contributed by atoms with Crippen LogP contribution in [0.3, 0.4) is 0 Å². The van der Waals surface area contributed by atoms with Gasteiger partial charge >= 0.3 is 0 Å². The van der Waals surface area contributed by atoms with E-state index in [1.165, 1.54) is 18.4 Å². The van der Waals surface area contributed by atoms with Gasteiger partial charge < -0.3 is 10.1 Å². The second-order valence-corrected chi connectivity index (χ2v) is 4.53. The quantitative estimate of drug-likeness (QED) is 0.821. The topological polar surface area (TPSA) is 34.1 Å². The molecule has 0 amide bonds. The number of rotatable bonds is 2. The van der Waals surface area contributed by atoms with Crippen LogP contribution in [0.4, 0.5) is 0 Å². The van der Waals surface area contributed by atoms with Gasteiger partial charge in [-0.05, 0) is 37.0 Å². The molecule has 3 rings (SSSR count). The zero-order chi connectivity index (χ0) is 11.0. The summed E-state index contributed by atoms with van der Waals surface area (Å²) in [5, 5.41) is 3.58. The lowest BCUT2D eigenvalue weighted by Crippen LogP contribution is -2.32. The van der Waals surface area contributed by atoms with Crippen molar-refractivity contribution in [2.45, 2.75) is 31.3 Å². The molecule has 2 aliphatic rings. The van der Waals surface area contributed by atoms with E-state index in [4.69, 9.17) is 4.74 Å². The molecule has 0 radical (unpaired) electrons. The van der Waals surface area contributed by atoms with Crippen molar-refractivity contribution in [3.63, 3.8) is 0 Å². The third-order valence-electron chi connectivity index (χ3n) is 3.45. The molecule has 16 heavy (non-hydrogen) atoms. The summed E-state index contributed by atoms with van der Waals surface area (Å²) < 4.78 is 5.12. The monoisotopic (exact) mass is 216 g/mol. The van der Waals surface area contributed by atoms with Crippen LogP contribution in [0, 0.1) is 0 Å². The van der Waals surface area contributed by atoms with E-state index >= 15 is 0 Å². The van der Waals surface area contributed by atoms with Crippen molar-refractivity contribution >= 4 is 5.57 Å². The highest BCUT2D eigenvalue weighted by Crippen LogP contribution is 2.31. The number of ether oxygens (including phenoxy) is 1. The molecule has 2 unspecified atom stereocenters. The van der Waals surface area contributed by atoms with Gasteiger partial charge in [0.1, 0.15) is 5.75 Å². The van der Waals surface area contributed by atoms with E-state index in [1.807, 2.05) is 6.07 Å². The molecule has 84 valence electrons. The summed E-state index contributed by atoms with van der Waals surface area (Å²) in [7, 11) is 1.67. The molecule has 3 heterocycles. The Kier molecular flexibility index (Phi) is 2.40. The fourth-order valence-corrected chi connectivity index (χ4v) is 2.60. The molecule has 2 atom stereocenters. The van der Waals surface area contributed by atoms with E-state index < -0.39 is 0 Å². The molecule has 1 N–H and O–H groups in total. The zero-order valence-electron chi connectivity index (χ0n) is 9.44. The lowest BCUT2D eigenvalue weighted by atomic mass is 10.00. The average Bonchev–Trinajstić information content (AvgIpc) is 2.68. The first-order valence-electron chi connectivity index (χ1n) is 5.82. The highest BCUT2D eigenvalue weighted by molar-refractivity contribution is 5.65. The van der Waals surface area contributed by atoms with Crippen LogP contribution in [0.1, 0.15) is 25.0 Å². The van der Waals surface area contributed by atoms with Crippen LogP contribution >= 0.6 is 0 Å². The smallest absolute Gasteiger partial charge is 0.137 e. The number of nitrogens with one attached hydrogen (secondary N) is 1. The van der Waals surface area contributed by atoms with Crippen LogP contribution in [-0.2, 0) is 0 Å². The van der Waals surface area contributed by atoms with E-state index in [0.29, 0.717) is 12.1 Å². The highest BCUT2D eigenvalue weighted by Gasteiger charge is 2.28. The molecule has 0 saturated carbocycles. The Morgan fingerprint density at radius 3 is 3.00 bits per heavy atom. The van der Waals surface area contributed by atoms with Crippen molar-refractivity contribution in [1.82, 2.24) is 10.3 Å². The Labute approximate surface area is 95.5 Å². The Hall–Kier alpha value is -1.35. The van der Waals surface area contributed by atoms with E-state index in [9.17, 15) is 0 Å². The largest absolute Gasteiger partial charge is 0.495 e. The number of pyridine rings is 1. The van der Waals surface area contributed by atoms with E-state index in [0.717, 1.165) is 17.9 Å². The molecule has 3 heteroatoms. The molecule has 1 aromatic rings. The Morgan fingerprint density at radius 1 is 1.38 bits per heavy atom. The predicted molar refractivity (Wildman–Crippen MR) is 63.3 cm³/mol. The van der Waals surface area contributed by atoms with Crippen molar-refractivity contribution in [2.75, 3.05) is 7.11 Å². The minimum atomic E-state index is 0.567. The van der Waals surface area contributed by atoms with E-state index in [-0.39, 0.29) is 0 Å². The summed E-state index contributed by atoms with van der Waals surface area (Å²) in [5.74, 6) is 0.821. The van der Waals surface area contributed by atoms with Gasteiger partial charge in [0, 0.05) is 12.1 Å². The fraction of sp³-hybridized carbons (Fsp3) is 0.462. The fourth-order valence-electron chi connectivity index (χ4n) is 2.60. The molecule has 0 aromatic carbocycles. The molecule has 0 aliphatic carbocycles. The van der Waals surface area contributed by atoms with E-state index in [1.54, 1.807) is 13.3 Å². The van der Waals surface area contributed by atoms with E-state index in [2.05, 4.69) is 22.4 Å². The summed E-state index contributed by atoms with van der Waals surface area (Å²) in [5.41, 5.74) is 2.48. The molecule has 2 aliphatic heterocycles. The van der Waals surface area contributed by atoms with Gasteiger partial charge in [-0.1, -0.05) is 6.08 Å². The molecular formula is C13H16N2O. The lowest BCUT2D eigenvalue weighted by molar-refractivity contribution is 0.413. The van der Waals surface area contributed by atoms with Crippen LogP contribution < -0.4 is 10.1 Å². The van der Waals surface area contributed by atoms with Crippen LogP contribution in [0.15, 0.2) is 24.4 Å². The summed E-state index contributed by atoms with van der Waals surface area (Å²) in [6.07, 6.45) is 7.79. The van der Waals surface area contributed by atoms with Gasteiger partial charge in [-0.2, -0.15) is 0 Å². The van der Waals surface area contributed by atoms with Gasteiger partial charge in [0.2, 0.25) is 0 Å². The minimum absolute atomic E-state index is 0.567. The van der Waals surface area contributed by atoms with Crippen LogP contribution in [0.5, 0.6) is 5.75 Å². The standard InChI is InChI=1S/C13H16N2O/c1-16-12-4-5-13(14-8-12)9-6-10-2-3-11(7-9)15-10/h4-6,8,10-11,15H,2-3,7H2,1H3. The first-order chi connectivity index (χ1) is 7.85. The number of methoxy groups -OCH3 is 1. The lowest BCUT2D eigenvalue weighted by Gasteiger charge is -2.20. The number of aromatic nitrogens is 1. The number of nitrogens with zero attached hydrogens (tertiary/aromatic N) is 1. The minimum Gasteiger partial charge on any atom is -0.495 e. The highest BCUT2D eigenvalue weighted by atomic mass is 16.5. The van der Waals surface area contributed by atoms with Crippen molar-refractivity contribution in [3.8, 4) is 5.75 Å². The first-order valence-corrected chi connectivity index (χ1v) is 5.82. The molecule has 1 aromatic heterocycles. The predicted octanol–water partition coefficient (Wildman–Crippen LogP) is 2.00. The van der Waals surface area contributed by atoms with Crippen molar-refractivity contribution in [1.29, 1.82) is 0 Å². The molecule has 1 fully saturated rings. The average molecular weight is 216 g/mol. The first kappa shape index (κ1) is 9.85. The van der Waals surface area contributed by atoms with Crippen molar-refractivity contribution < 1.29 is 4.74 Å². The molecular weight excluding hydrogens is 200 g/mol. The van der Waals surface area contributed by atoms with Gasteiger partial charge in [-0.25, -0.2) is 0 Å². The zero-order valence-corrected chi connectivity index (χ0v) is 9.44. The second kappa shape index (κ2) is 3.91. The maximum Gasteiger partial charge on any atom is 0.137 e. The van der Waals surface area contributed by atoms with Gasteiger partial charge in [0.15, 0.2) is 0 Å². The van der Waals surface area contributed by atoms with Crippen molar-refractivity contribution in [2.24, 2.45) is 0 Å². The number of fused-ring (bicyclic) bond motifs is 2. The van der Waals surface area contributed by atoms with Gasteiger partial charge in [-0.15, -0.1) is 0 Å². The summed E-state index contributed by atoms with van der Waals surface area (Å²) >= 11 is 0. The summed E-state index contributed by atoms with van der Waals surface area (Å²) in [6, 6.07) is 5.26. The molecule has 3 nitrogen and oxygen atoms in total. The third kappa shape index (κ3) is 1.71. The van der Waals surface area contributed by atoms with Gasteiger partial charge in [0.05, 0.1) is 19.0 Å². The maximum absolute atomic E-state index is 5.12. The van der Waals surface area contributed by atoms with Crippen LogP contribution in [-0.4, -0.2) is 24.2 Å². The normalized spacial score (nSPS) is 27.7. The van der Waals surface area contributed by atoms with Crippen molar-refractivity contribution in [3.05, 3.63) is 30.1 Å². The summed E-state index contributed by atoms with van der Waals surface area (Å²) in [4.78, 5) is 4.45. The Balaban J connectivity index is 1.86. The van der Waals surface area contributed by atoms with Gasteiger partial charge in [-0.3, -0.25) is 4.98 Å². The molecule has 2 bridgehead atoms. The Bertz CT molecular complexity index is 410.